The predicted molar refractivity (Wildman–Crippen MR) is 73.0 cm³/mol. The van der Waals surface area contributed by atoms with E-state index in [1.807, 2.05) is 17.8 Å². The summed E-state index contributed by atoms with van der Waals surface area (Å²) >= 11 is 3.39. The van der Waals surface area contributed by atoms with Crippen LogP contribution >= 0.6 is 15.9 Å². The lowest BCUT2D eigenvalue weighted by molar-refractivity contribution is 0.140. The lowest BCUT2D eigenvalue weighted by Crippen LogP contribution is -2.50. The van der Waals surface area contributed by atoms with Crippen LogP contribution in [0.5, 0.6) is 0 Å². The molecular weight excluding hydrogens is 282 g/mol. The molecule has 1 aromatic heterocycles. The van der Waals surface area contributed by atoms with Crippen molar-refractivity contribution in [2.75, 3.05) is 6.61 Å². The molecule has 0 aliphatic carbocycles. The van der Waals surface area contributed by atoms with Crippen LogP contribution in [0, 0.1) is 0 Å². The van der Waals surface area contributed by atoms with Gasteiger partial charge in [0.2, 0.25) is 0 Å². The van der Waals surface area contributed by atoms with Crippen LogP contribution in [-0.4, -0.2) is 33.1 Å². The molecule has 98 valence electrons. The van der Waals surface area contributed by atoms with E-state index in [9.17, 15) is 5.11 Å². The first-order chi connectivity index (χ1) is 7.86. The minimum atomic E-state index is -0.272. The Balaban J connectivity index is 2.67. The highest BCUT2D eigenvalue weighted by Crippen LogP contribution is 2.22. The van der Waals surface area contributed by atoms with Crippen molar-refractivity contribution in [3.05, 3.63) is 16.9 Å². The van der Waals surface area contributed by atoms with Crippen molar-refractivity contribution in [3.63, 3.8) is 0 Å². The third-order valence-electron chi connectivity index (χ3n) is 2.75. The smallest absolute Gasteiger partial charge is 0.0632 e. The monoisotopic (exact) mass is 303 g/mol. The van der Waals surface area contributed by atoms with Crippen molar-refractivity contribution in [1.29, 1.82) is 0 Å². The van der Waals surface area contributed by atoms with E-state index >= 15 is 0 Å². The summed E-state index contributed by atoms with van der Waals surface area (Å²) in [5.74, 6) is 0. The van der Waals surface area contributed by atoms with Gasteiger partial charge < -0.3 is 10.4 Å². The molecule has 0 aliphatic rings. The van der Waals surface area contributed by atoms with Crippen molar-refractivity contribution >= 4 is 15.9 Å². The zero-order valence-corrected chi connectivity index (χ0v) is 12.5. The standard InChI is InChI=1S/C12H22BrN3O/c1-9(2)15-12(4,8-17)5-10(3)16-7-11(13)6-14-16/h6-7,9-10,15,17H,5,8H2,1-4H3. The quantitative estimate of drug-likeness (QED) is 0.848. The number of nitrogens with one attached hydrogen (secondary N) is 1. The fraction of sp³-hybridized carbons (Fsp3) is 0.750. The fourth-order valence-corrected chi connectivity index (χ4v) is 2.47. The third kappa shape index (κ3) is 4.41. The number of hydrogen-bond acceptors (Lipinski definition) is 3. The van der Waals surface area contributed by atoms with Crippen LogP contribution in [0.1, 0.15) is 40.2 Å². The molecule has 4 nitrogen and oxygen atoms in total. The lowest BCUT2D eigenvalue weighted by atomic mass is 9.93. The van der Waals surface area contributed by atoms with E-state index in [-0.39, 0.29) is 18.2 Å². The van der Waals surface area contributed by atoms with E-state index in [1.54, 1.807) is 6.20 Å². The molecule has 2 N–H and O–H groups in total. The highest BCUT2D eigenvalue weighted by Gasteiger charge is 2.27. The van der Waals surface area contributed by atoms with Crippen LogP contribution in [0.25, 0.3) is 0 Å². The summed E-state index contributed by atoms with van der Waals surface area (Å²) in [5, 5.41) is 17.2. The molecule has 17 heavy (non-hydrogen) atoms. The van der Waals surface area contributed by atoms with E-state index in [4.69, 9.17) is 0 Å². The third-order valence-corrected chi connectivity index (χ3v) is 3.16. The number of aliphatic hydroxyl groups excluding tert-OH is 1. The summed E-state index contributed by atoms with van der Waals surface area (Å²) in [4.78, 5) is 0. The minimum Gasteiger partial charge on any atom is -0.394 e. The molecule has 2 atom stereocenters. The molecule has 0 radical (unpaired) electrons. The second-order valence-electron chi connectivity index (χ2n) is 5.21. The Kier molecular flexibility index (Phi) is 5.16. The average molecular weight is 304 g/mol. The molecule has 0 aliphatic heterocycles. The number of nitrogens with zero attached hydrogens (tertiary/aromatic N) is 2. The molecule has 0 saturated heterocycles. The molecule has 0 fully saturated rings. The van der Waals surface area contributed by atoms with Gasteiger partial charge in [0.15, 0.2) is 0 Å². The van der Waals surface area contributed by atoms with Gasteiger partial charge in [-0.3, -0.25) is 4.68 Å². The van der Waals surface area contributed by atoms with Gasteiger partial charge in [0.25, 0.3) is 0 Å². The summed E-state index contributed by atoms with van der Waals surface area (Å²) in [6.45, 7) is 8.45. The molecule has 2 unspecified atom stereocenters. The Hall–Kier alpha value is -0.390. The van der Waals surface area contributed by atoms with Gasteiger partial charge in [-0.25, -0.2) is 0 Å². The first kappa shape index (κ1) is 14.7. The van der Waals surface area contributed by atoms with Crippen molar-refractivity contribution < 1.29 is 5.11 Å². The van der Waals surface area contributed by atoms with E-state index in [1.165, 1.54) is 0 Å². The number of hydrogen-bond donors (Lipinski definition) is 2. The van der Waals surface area contributed by atoms with Gasteiger partial charge in [-0.05, 0) is 36.2 Å². The second-order valence-corrected chi connectivity index (χ2v) is 6.13. The Labute approximate surface area is 112 Å². The number of rotatable bonds is 6. The molecule has 0 spiro atoms. The minimum absolute atomic E-state index is 0.123. The summed E-state index contributed by atoms with van der Waals surface area (Å²) in [5.41, 5.74) is -0.272. The Bertz CT molecular complexity index is 353. The van der Waals surface area contributed by atoms with Gasteiger partial charge in [0.05, 0.1) is 23.3 Å². The summed E-state index contributed by atoms with van der Waals surface area (Å²) in [7, 11) is 0. The van der Waals surface area contributed by atoms with Crippen molar-refractivity contribution in [2.45, 2.75) is 51.7 Å². The van der Waals surface area contributed by atoms with Gasteiger partial charge in [-0.15, -0.1) is 0 Å². The topological polar surface area (TPSA) is 50.1 Å². The molecule has 0 bridgehead atoms. The second kappa shape index (κ2) is 5.98. The lowest BCUT2D eigenvalue weighted by Gasteiger charge is -2.33. The molecular formula is C12H22BrN3O. The molecule has 1 aromatic rings. The zero-order valence-electron chi connectivity index (χ0n) is 10.9. The van der Waals surface area contributed by atoms with Crippen LogP contribution in [0.3, 0.4) is 0 Å². The van der Waals surface area contributed by atoms with Crippen LogP contribution in [0.15, 0.2) is 16.9 Å². The largest absolute Gasteiger partial charge is 0.394 e. The van der Waals surface area contributed by atoms with E-state index < -0.39 is 0 Å². The van der Waals surface area contributed by atoms with Crippen LogP contribution in [0.4, 0.5) is 0 Å². The summed E-state index contributed by atoms with van der Waals surface area (Å²) in [6.07, 6.45) is 4.57. The Morgan fingerprint density at radius 1 is 1.53 bits per heavy atom. The maximum absolute atomic E-state index is 9.53. The summed E-state index contributed by atoms with van der Waals surface area (Å²) < 4.78 is 2.90. The van der Waals surface area contributed by atoms with Gasteiger partial charge in [-0.1, -0.05) is 13.8 Å². The maximum Gasteiger partial charge on any atom is 0.0632 e. The zero-order chi connectivity index (χ0) is 13.1. The predicted octanol–water partition coefficient (Wildman–Crippen LogP) is 2.35. The van der Waals surface area contributed by atoms with E-state index in [0.29, 0.717) is 6.04 Å². The highest BCUT2D eigenvalue weighted by molar-refractivity contribution is 9.10. The van der Waals surface area contributed by atoms with Crippen LogP contribution in [0.2, 0.25) is 0 Å². The van der Waals surface area contributed by atoms with Crippen LogP contribution < -0.4 is 5.32 Å². The first-order valence-corrected chi connectivity index (χ1v) is 6.74. The summed E-state index contributed by atoms with van der Waals surface area (Å²) in [6, 6.07) is 0.591. The van der Waals surface area contributed by atoms with Gasteiger partial charge in [0.1, 0.15) is 0 Å². The first-order valence-electron chi connectivity index (χ1n) is 5.94. The van der Waals surface area contributed by atoms with E-state index in [2.05, 4.69) is 47.1 Å². The normalized spacial score (nSPS) is 17.1. The SMILES string of the molecule is CC(C)NC(C)(CO)CC(C)n1cc(Br)cn1. The van der Waals surface area contributed by atoms with Crippen molar-refractivity contribution in [3.8, 4) is 0 Å². The van der Waals surface area contributed by atoms with Crippen LogP contribution in [-0.2, 0) is 0 Å². The Morgan fingerprint density at radius 2 is 2.18 bits per heavy atom. The molecule has 0 saturated carbocycles. The average Bonchev–Trinajstić information content (AvgIpc) is 2.63. The highest BCUT2D eigenvalue weighted by atomic mass is 79.9. The fourth-order valence-electron chi connectivity index (χ4n) is 2.17. The molecule has 0 amide bonds. The van der Waals surface area contributed by atoms with Gasteiger partial charge in [-0.2, -0.15) is 5.10 Å². The maximum atomic E-state index is 9.53. The van der Waals surface area contributed by atoms with E-state index in [0.717, 1.165) is 10.9 Å². The van der Waals surface area contributed by atoms with Gasteiger partial charge in [0, 0.05) is 17.8 Å². The number of aromatic nitrogens is 2. The Morgan fingerprint density at radius 3 is 2.59 bits per heavy atom. The van der Waals surface area contributed by atoms with Gasteiger partial charge >= 0.3 is 0 Å². The molecule has 5 heteroatoms. The molecule has 1 heterocycles. The number of halogens is 1. The molecule has 1 rings (SSSR count). The number of aliphatic hydroxyl groups is 1. The van der Waals surface area contributed by atoms with Crippen molar-refractivity contribution in [2.24, 2.45) is 0 Å². The molecule has 0 aromatic carbocycles. The van der Waals surface area contributed by atoms with Crippen molar-refractivity contribution in [1.82, 2.24) is 15.1 Å².